The molecule has 0 aliphatic carbocycles. The SMILES string of the molecule is CC(=N/O)/C(=N\O)C(=O)N1CCCC1. The molecule has 0 aromatic rings. The van der Waals surface area contributed by atoms with Crippen molar-refractivity contribution in [2.24, 2.45) is 10.3 Å². The summed E-state index contributed by atoms with van der Waals surface area (Å²) in [5, 5.41) is 22.7. The van der Waals surface area contributed by atoms with Gasteiger partial charge in [0.2, 0.25) is 0 Å². The minimum Gasteiger partial charge on any atom is -0.411 e. The molecule has 0 aromatic heterocycles. The van der Waals surface area contributed by atoms with Crippen LogP contribution in [0.15, 0.2) is 10.3 Å². The van der Waals surface area contributed by atoms with Crippen LogP contribution in [0, 0.1) is 0 Å². The van der Waals surface area contributed by atoms with Gasteiger partial charge in [-0.05, 0) is 19.8 Å². The molecular weight excluding hydrogens is 186 g/mol. The quantitative estimate of drug-likeness (QED) is 0.380. The Morgan fingerprint density at radius 2 is 1.79 bits per heavy atom. The van der Waals surface area contributed by atoms with Crippen molar-refractivity contribution in [3.05, 3.63) is 0 Å². The fourth-order valence-corrected chi connectivity index (χ4v) is 1.39. The number of oxime groups is 2. The second kappa shape index (κ2) is 4.59. The fraction of sp³-hybridized carbons (Fsp3) is 0.625. The minimum atomic E-state index is -0.389. The Morgan fingerprint density at radius 3 is 2.21 bits per heavy atom. The van der Waals surface area contributed by atoms with Crippen molar-refractivity contribution >= 4 is 17.3 Å². The van der Waals surface area contributed by atoms with E-state index < -0.39 is 0 Å². The molecule has 1 fully saturated rings. The number of likely N-dealkylation sites (tertiary alicyclic amines) is 1. The van der Waals surface area contributed by atoms with Gasteiger partial charge >= 0.3 is 0 Å². The van der Waals surface area contributed by atoms with Gasteiger partial charge in [0.15, 0.2) is 5.71 Å². The van der Waals surface area contributed by atoms with Gasteiger partial charge in [0.1, 0.15) is 5.71 Å². The lowest BCUT2D eigenvalue weighted by atomic mass is 10.2. The van der Waals surface area contributed by atoms with Crippen molar-refractivity contribution < 1.29 is 15.2 Å². The summed E-state index contributed by atoms with van der Waals surface area (Å²) in [6.07, 6.45) is 1.92. The van der Waals surface area contributed by atoms with E-state index in [1.54, 1.807) is 4.90 Å². The van der Waals surface area contributed by atoms with E-state index in [0.717, 1.165) is 12.8 Å². The van der Waals surface area contributed by atoms with Crippen molar-refractivity contribution in [1.29, 1.82) is 0 Å². The zero-order chi connectivity index (χ0) is 10.6. The molecule has 0 spiro atoms. The predicted octanol–water partition coefficient (Wildman–Crippen LogP) is 0.289. The normalized spacial score (nSPS) is 18.8. The molecule has 1 aliphatic rings. The maximum atomic E-state index is 11.6. The van der Waals surface area contributed by atoms with E-state index in [4.69, 9.17) is 10.4 Å². The summed E-state index contributed by atoms with van der Waals surface area (Å²) in [7, 11) is 0. The van der Waals surface area contributed by atoms with Crippen LogP contribution in [0.5, 0.6) is 0 Å². The average Bonchev–Trinajstić information content (AvgIpc) is 2.71. The summed E-state index contributed by atoms with van der Waals surface area (Å²) in [4.78, 5) is 13.2. The van der Waals surface area contributed by atoms with Crippen LogP contribution in [0.2, 0.25) is 0 Å². The van der Waals surface area contributed by atoms with Gasteiger partial charge in [-0.25, -0.2) is 0 Å². The van der Waals surface area contributed by atoms with Crippen LogP contribution in [0.3, 0.4) is 0 Å². The van der Waals surface area contributed by atoms with Crippen LogP contribution in [-0.2, 0) is 4.79 Å². The summed E-state index contributed by atoms with van der Waals surface area (Å²) >= 11 is 0. The molecule has 0 atom stereocenters. The van der Waals surface area contributed by atoms with E-state index in [9.17, 15) is 4.79 Å². The Labute approximate surface area is 81.5 Å². The smallest absolute Gasteiger partial charge is 0.277 e. The van der Waals surface area contributed by atoms with Gasteiger partial charge in [0.25, 0.3) is 5.91 Å². The zero-order valence-electron chi connectivity index (χ0n) is 7.97. The maximum absolute atomic E-state index is 11.6. The lowest BCUT2D eigenvalue weighted by Gasteiger charge is -2.14. The van der Waals surface area contributed by atoms with E-state index in [-0.39, 0.29) is 17.3 Å². The number of carbonyl (C=O) groups excluding carboxylic acids is 1. The third-order valence-corrected chi connectivity index (χ3v) is 2.19. The molecule has 1 aliphatic heterocycles. The molecule has 0 radical (unpaired) electrons. The van der Waals surface area contributed by atoms with E-state index in [2.05, 4.69) is 10.3 Å². The molecule has 1 saturated heterocycles. The standard InChI is InChI=1S/C8H13N3O3/c1-6(9-13)7(10-14)8(12)11-4-2-3-5-11/h13-14H,2-5H2,1H3/b9-6-,10-7+. The van der Waals surface area contributed by atoms with Crippen molar-refractivity contribution in [2.75, 3.05) is 13.1 Å². The summed E-state index contributed by atoms with van der Waals surface area (Å²) in [5.41, 5.74) is -0.182. The van der Waals surface area contributed by atoms with Crippen LogP contribution in [0.4, 0.5) is 0 Å². The molecule has 0 saturated carbocycles. The minimum absolute atomic E-state index is 0.0180. The third-order valence-electron chi connectivity index (χ3n) is 2.19. The number of amides is 1. The van der Waals surface area contributed by atoms with Gasteiger partial charge in [-0.1, -0.05) is 10.3 Å². The Hall–Kier alpha value is -1.59. The Kier molecular flexibility index (Phi) is 3.44. The van der Waals surface area contributed by atoms with Gasteiger partial charge in [-0.3, -0.25) is 4.79 Å². The second-order valence-corrected chi connectivity index (χ2v) is 3.13. The first-order valence-electron chi connectivity index (χ1n) is 4.41. The largest absolute Gasteiger partial charge is 0.411 e. The van der Waals surface area contributed by atoms with Crippen molar-refractivity contribution in [3.8, 4) is 0 Å². The molecule has 6 nitrogen and oxygen atoms in total. The van der Waals surface area contributed by atoms with Gasteiger partial charge in [0, 0.05) is 13.1 Å². The lowest BCUT2D eigenvalue weighted by Crippen LogP contribution is -2.37. The third kappa shape index (κ3) is 2.01. The average molecular weight is 199 g/mol. The topological polar surface area (TPSA) is 85.5 Å². The summed E-state index contributed by atoms with van der Waals surface area (Å²) in [6.45, 7) is 2.73. The first-order valence-corrected chi connectivity index (χ1v) is 4.41. The summed E-state index contributed by atoms with van der Waals surface area (Å²) in [5.74, 6) is -0.389. The van der Waals surface area contributed by atoms with E-state index in [1.807, 2.05) is 0 Å². The predicted molar refractivity (Wildman–Crippen MR) is 49.9 cm³/mol. The van der Waals surface area contributed by atoms with E-state index >= 15 is 0 Å². The number of rotatable bonds is 2. The molecule has 1 amide bonds. The first-order chi connectivity index (χ1) is 6.70. The first kappa shape index (κ1) is 10.5. The molecule has 6 heteroatoms. The molecule has 78 valence electrons. The highest BCUT2D eigenvalue weighted by Crippen LogP contribution is 2.08. The van der Waals surface area contributed by atoms with Crippen molar-refractivity contribution in [2.45, 2.75) is 19.8 Å². The Morgan fingerprint density at radius 1 is 1.21 bits per heavy atom. The molecule has 0 unspecified atom stereocenters. The van der Waals surface area contributed by atoms with Gasteiger partial charge < -0.3 is 15.3 Å². The number of carbonyl (C=O) groups is 1. The molecular formula is C8H13N3O3. The highest BCUT2D eigenvalue weighted by Gasteiger charge is 2.25. The highest BCUT2D eigenvalue weighted by atomic mass is 16.4. The molecule has 0 bridgehead atoms. The number of nitrogens with zero attached hydrogens (tertiary/aromatic N) is 3. The second-order valence-electron chi connectivity index (χ2n) is 3.13. The monoisotopic (exact) mass is 199 g/mol. The maximum Gasteiger partial charge on any atom is 0.277 e. The van der Waals surface area contributed by atoms with Crippen molar-refractivity contribution in [1.82, 2.24) is 4.90 Å². The molecule has 1 heterocycles. The molecule has 14 heavy (non-hydrogen) atoms. The number of hydrogen-bond donors (Lipinski definition) is 2. The van der Waals surface area contributed by atoms with Gasteiger partial charge in [-0.15, -0.1) is 0 Å². The van der Waals surface area contributed by atoms with Gasteiger partial charge in [-0.2, -0.15) is 0 Å². The molecule has 2 N–H and O–H groups in total. The van der Waals surface area contributed by atoms with E-state index in [0.29, 0.717) is 13.1 Å². The summed E-state index contributed by atoms with van der Waals surface area (Å²) < 4.78 is 0. The van der Waals surface area contributed by atoms with Crippen LogP contribution >= 0.6 is 0 Å². The molecule has 0 aromatic carbocycles. The van der Waals surface area contributed by atoms with Crippen molar-refractivity contribution in [3.63, 3.8) is 0 Å². The zero-order valence-corrected chi connectivity index (χ0v) is 7.97. The lowest BCUT2D eigenvalue weighted by molar-refractivity contribution is -0.123. The summed E-state index contributed by atoms with van der Waals surface area (Å²) in [6, 6.07) is 0. The van der Waals surface area contributed by atoms with Crippen LogP contribution in [0.25, 0.3) is 0 Å². The van der Waals surface area contributed by atoms with Crippen LogP contribution in [0.1, 0.15) is 19.8 Å². The van der Waals surface area contributed by atoms with Gasteiger partial charge in [0.05, 0.1) is 0 Å². The van der Waals surface area contributed by atoms with Crippen LogP contribution in [-0.4, -0.2) is 45.7 Å². The van der Waals surface area contributed by atoms with Crippen LogP contribution < -0.4 is 0 Å². The fourth-order valence-electron chi connectivity index (χ4n) is 1.39. The van der Waals surface area contributed by atoms with E-state index in [1.165, 1.54) is 6.92 Å². The Balaban J connectivity index is 2.75. The highest BCUT2D eigenvalue weighted by molar-refractivity contribution is 6.66. The molecule has 1 rings (SSSR count). The number of hydrogen-bond acceptors (Lipinski definition) is 5. The Bertz CT molecular complexity index is 280.